The average molecular weight is 309 g/mol. The Hall–Kier alpha value is 0.170. The predicted octanol–water partition coefficient (Wildman–Crippen LogP) is 3.66. The topological polar surface area (TPSA) is 0 Å². The Kier molecular flexibility index (Phi) is 3.42. The number of halogens is 2. The molecule has 1 rings (SSSR count). The summed E-state index contributed by atoms with van der Waals surface area (Å²) < 4.78 is 1.27. The van der Waals surface area contributed by atoms with Crippen LogP contribution in [0.3, 0.4) is 0 Å². The molecule has 0 heterocycles. The molecule has 0 bridgehead atoms. The minimum Gasteiger partial charge on any atom is -0.0595 e. The van der Waals surface area contributed by atoms with Crippen molar-refractivity contribution in [2.75, 3.05) is 0 Å². The standard InChI is InChI=1S/C8H6BrI/c9-6-5-7-1-3-8(10)4-2-7/h1-6H/b6-5-. The van der Waals surface area contributed by atoms with Crippen molar-refractivity contribution in [2.24, 2.45) is 0 Å². The van der Waals surface area contributed by atoms with Crippen LogP contribution in [0.1, 0.15) is 5.56 Å². The maximum Gasteiger partial charge on any atom is 0.0130 e. The number of hydrogen-bond acceptors (Lipinski definition) is 0. The van der Waals surface area contributed by atoms with E-state index in [1.54, 1.807) is 0 Å². The fourth-order valence-electron chi connectivity index (χ4n) is 0.647. The SMILES string of the molecule is Br/C=C\c1ccc(I)cc1. The van der Waals surface area contributed by atoms with E-state index in [1.807, 2.05) is 11.1 Å². The number of rotatable bonds is 1. The van der Waals surface area contributed by atoms with Gasteiger partial charge in [-0.05, 0) is 51.3 Å². The molecule has 0 N–H and O–H groups in total. The van der Waals surface area contributed by atoms with Gasteiger partial charge in [0, 0.05) is 3.57 Å². The van der Waals surface area contributed by atoms with Gasteiger partial charge >= 0.3 is 0 Å². The zero-order valence-corrected chi connectivity index (χ0v) is 8.96. The van der Waals surface area contributed by atoms with E-state index in [9.17, 15) is 0 Å². The Balaban J connectivity index is 2.89. The molecule has 0 atom stereocenters. The van der Waals surface area contributed by atoms with Gasteiger partial charge in [-0.25, -0.2) is 0 Å². The monoisotopic (exact) mass is 308 g/mol. The molecule has 0 fully saturated rings. The van der Waals surface area contributed by atoms with Crippen LogP contribution in [0.4, 0.5) is 0 Å². The highest BCUT2D eigenvalue weighted by Gasteiger charge is 1.84. The summed E-state index contributed by atoms with van der Waals surface area (Å²) >= 11 is 5.51. The van der Waals surface area contributed by atoms with Crippen LogP contribution in [-0.4, -0.2) is 0 Å². The molecule has 0 saturated carbocycles. The van der Waals surface area contributed by atoms with Gasteiger partial charge in [-0.3, -0.25) is 0 Å². The van der Waals surface area contributed by atoms with E-state index in [2.05, 4.69) is 62.8 Å². The lowest BCUT2D eigenvalue weighted by molar-refractivity contribution is 1.61. The molecule has 1 aromatic rings. The van der Waals surface area contributed by atoms with Gasteiger partial charge in [-0.15, -0.1) is 0 Å². The van der Waals surface area contributed by atoms with Gasteiger partial charge in [0.25, 0.3) is 0 Å². The molecule has 0 nitrogen and oxygen atoms in total. The quantitative estimate of drug-likeness (QED) is 0.695. The Morgan fingerprint density at radius 1 is 1.20 bits per heavy atom. The van der Waals surface area contributed by atoms with E-state index in [1.165, 1.54) is 9.13 Å². The van der Waals surface area contributed by atoms with Crippen LogP contribution in [0, 0.1) is 3.57 Å². The number of hydrogen-bond donors (Lipinski definition) is 0. The van der Waals surface area contributed by atoms with Gasteiger partial charge in [0.1, 0.15) is 0 Å². The van der Waals surface area contributed by atoms with Crippen molar-refractivity contribution < 1.29 is 0 Å². The summed E-state index contributed by atoms with van der Waals surface area (Å²) in [5, 5.41) is 0. The summed E-state index contributed by atoms with van der Waals surface area (Å²) in [7, 11) is 0. The Morgan fingerprint density at radius 2 is 1.80 bits per heavy atom. The van der Waals surface area contributed by atoms with Crippen molar-refractivity contribution in [2.45, 2.75) is 0 Å². The van der Waals surface area contributed by atoms with Crippen LogP contribution in [0.2, 0.25) is 0 Å². The first-order chi connectivity index (χ1) is 4.83. The van der Waals surface area contributed by atoms with Crippen LogP contribution in [0.25, 0.3) is 6.08 Å². The minimum absolute atomic E-state index is 1.22. The third-order valence-electron chi connectivity index (χ3n) is 1.13. The lowest BCUT2D eigenvalue weighted by Gasteiger charge is -1.90. The molecule has 0 aliphatic heterocycles. The van der Waals surface area contributed by atoms with Crippen molar-refractivity contribution in [1.29, 1.82) is 0 Å². The molecule has 0 saturated heterocycles. The first-order valence-corrected chi connectivity index (χ1v) is 4.85. The zero-order chi connectivity index (χ0) is 7.40. The molecule has 0 aromatic heterocycles. The van der Waals surface area contributed by atoms with Crippen molar-refractivity contribution in [3.05, 3.63) is 38.4 Å². The summed E-state index contributed by atoms with van der Waals surface area (Å²) in [5.74, 6) is 0. The molecule has 10 heavy (non-hydrogen) atoms. The Morgan fingerprint density at radius 3 is 2.30 bits per heavy atom. The van der Waals surface area contributed by atoms with E-state index < -0.39 is 0 Å². The van der Waals surface area contributed by atoms with E-state index >= 15 is 0 Å². The smallest absolute Gasteiger partial charge is 0.0130 e. The normalized spacial score (nSPS) is 10.6. The predicted molar refractivity (Wildman–Crippen MR) is 57.1 cm³/mol. The molecule has 0 aliphatic rings. The van der Waals surface area contributed by atoms with Gasteiger partial charge in [0.2, 0.25) is 0 Å². The molecule has 0 radical (unpaired) electrons. The Bertz CT molecular complexity index is 226. The zero-order valence-electron chi connectivity index (χ0n) is 5.22. The molecule has 1 aromatic carbocycles. The van der Waals surface area contributed by atoms with Crippen molar-refractivity contribution >= 4 is 44.6 Å². The highest BCUT2D eigenvalue weighted by Crippen LogP contribution is 2.08. The maximum atomic E-state index is 3.22. The highest BCUT2D eigenvalue weighted by molar-refractivity contribution is 14.1. The summed E-state index contributed by atoms with van der Waals surface area (Å²) in [5.41, 5.74) is 1.22. The van der Waals surface area contributed by atoms with Crippen molar-refractivity contribution in [1.82, 2.24) is 0 Å². The molecule has 2 heteroatoms. The second-order valence-electron chi connectivity index (χ2n) is 1.84. The molecule has 0 amide bonds. The summed E-state index contributed by atoms with van der Waals surface area (Å²) in [6.07, 6.45) is 2.01. The van der Waals surface area contributed by atoms with Gasteiger partial charge in [0.15, 0.2) is 0 Å². The first-order valence-electron chi connectivity index (χ1n) is 2.85. The van der Waals surface area contributed by atoms with Crippen LogP contribution in [-0.2, 0) is 0 Å². The van der Waals surface area contributed by atoms with E-state index in [0.29, 0.717) is 0 Å². The van der Waals surface area contributed by atoms with Gasteiger partial charge in [-0.1, -0.05) is 28.1 Å². The molecular weight excluding hydrogens is 303 g/mol. The van der Waals surface area contributed by atoms with Crippen LogP contribution in [0.15, 0.2) is 29.3 Å². The highest BCUT2D eigenvalue weighted by atomic mass is 127. The van der Waals surface area contributed by atoms with Crippen LogP contribution in [0.5, 0.6) is 0 Å². The van der Waals surface area contributed by atoms with Gasteiger partial charge in [0.05, 0.1) is 0 Å². The second-order valence-corrected chi connectivity index (χ2v) is 3.62. The molecule has 0 unspecified atom stereocenters. The molecular formula is C8H6BrI. The number of benzene rings is 1. The minimum atomic E-state index is 1.22. The average Bonchev–Trinajstić information content (AvgIpc) is 1.95. The van der Waals surface area contributed by atoms with Crippen molar-refractivity contribution in [3.63, 3.8) is 0 Å². The van der Waals surface area contributed by atoms with Gasteiger partial charge in [-0.2, -0.15) is 0 Å². The second kappa shape index (κ2) is 4.13. The van der Waals surface area contributed by atoms with Gasteiger partial charge < -0.3 is 0 Å². The summed E-state index contributed by atoms with van der Waals surface area (Å²) in [6.45, 7) is 0. The lowest BCUT2D eigenvalue weighted by Crippen LogP contribution is -1.71. The Labute approximate surface area is 82.6 Å². The fourth-order valence-corrected chi connectivity index (χ4v) is 1.31. The fraction of sp³-hybridized carbons (Fsp3) is 0. The third kappa shape index (κ3) is 2.42. The molecule has 0 spiro atoms. The maximum absolute atomic E-state index is 3.22. The largest absolute Gasteiger partial charge is 0.0595 e. The van der Waals surface area contributed by atoms with E-state index in [-0.39, 0.29) is 0 Å². The first kappa shape index (κ1) is 8.27. The van der Waals surface area contributed by atoms with Crippen LogP contribution >= 0.6 is 38.5 Å². The summed E-state index contributed by atoms with van der Waals surface area (Å²) in [6, 6.07) is 8.34. The van der Waals surface area contributed by atoms with Crippen LogP contribution < -0.4 is 0 Å². The molecule has 52 valence electrons. The molecule has 0 aliphatic carbocycles. The lowest BCUT2D eigenvalue weighted by atomic mass is 10.2. The third-order valence-corrected chi connectivity index (χ3v) is 2.11. The summed E-state index contributed by atoms with van der Waals surface area (Å²) in [4.78, 5) is 1.86. The van der Waals surface area contributed by atoms with E-state index in [4.69, 9.17) is 0 Å². The van der Waals surface area contributed by atoms with E-state index in [0.717, 1.165) is 0 Å². The van der Waals surface area contributed by atoms with Crippen molar-refractivity contribution in [3.8, 4) is 0 Å².